The van der Waals surface area contributed by atoms with Gasteiger partial charge in [-0.2, -0.15) is 0 Å². The van der Waals surface area contributed by atoms with E-state index < -0.39 is 0 Å². The Morgan fingerprint density at radius 3 is 2.34 bits per heavy atom. The van der Waals surface area contributed by atoms with Crippen molar-refractivity contribution in [1.82, 2.24) is 19.4 Å². The normalized spacial score (nSPS) is 16.6. The average molecular weight is 533 g/mol. The highest BCUT2D eigenvalue weighted by atomic mass is 79.9. The second-order valence-electron chi connectivity index (χ2n) is 9.32. The number of rotatable bonds is 6. The van der Waals surface area contributed by atoms with Gasteiger partial charge in [-0.15, -0.1) is 0 Å². The van der Waals surface area contributed by atoms with Gasteiger partial charge >= 0.3 is 0 Å². The lowest BCUT2D eigenvalue weighted by Gasteiger charge is -2.22. The number of hydrogen-bond acceptors (Lipinski definition) is 5. The number of aromatic nitrogens is 2. The fourth-order valence-corrected chi connectivity index (χ4v) is 5.30. The maximum Gasteiger partial charge on any atom is 0.231 e. The van der Waals surface area contributed by atoms with Crippen LogP contribution < -0.4 is 9.47 Å². The van der Waals surface area contributed by atoms with Crippen molar-refractivity contribution < 1.29 is 9.47 Å². The molecule has 0 bridgehead atoms. The third-order valence-electron chi connectivity index (χ3n) is 6.88. The summed E-state index contributed by atoms with van der Waals surface area (Å²) < 4.78 is 14.5. The molecule has 1 saturated heterocycles. The van der Waals surface area contributed by atoms with Crippen molar-refractivity contribution in [2.75, 3.05) is 33.0 Å². The lowest BCUT2D eigenvalue weighted by molar-refractivity contribution is 0.174. The van der Waals surface area contributed by atoms with Crippen LogP contribution >= 0.6 is 15.9 Å². The first kappa shape index (κ1) is 22.6. The van der Waals surface area contributed by atoms with Crippen LogP contribution in [0.2, 0.25) is 0 Å². The van der Waals surface area contributed by atoms with Gasteiger partial charge in [-0.25, -0.2) is 4.98 Å². The number of nitrogens with zero attached hydrogens (tertiary/aromatic N) is 4. The predicted octanol–water partition coefficient (Wildman–Crippen LogP) is 5.28. The minimum Gasteiger partial charge on any atom is -0.454 e. The summed E-state index contributed by atoms with van der Waals surface area (Å²) in [4.78, 5) is 10.1. The van der Waals surface area contributed by atoms with Crippen molar-refractivity contribution >= 4 is 27.0 Å². The van der Waals surface area contributed by atoms with Gasteiger partial charge in [0.05, 0.1) is 17.6 Å². The molecule has 35 heavy (non-hydrogen) atoms. The molecule has 0 spiro atoms. The van der Waals surface area contributed by atoms with E-state index in [0.29, 0.717) is 6.79 Å². The maximum absolute atomic E-state index is 5.56. The fraction of sp³-hybridized carbons (Fsp3) is 0.321. The first-order valence-corrected chi connectivity index (χ1v) is 13.0. The highest BCUT2D eigenvalue weighted by Gasteiger charge is 2.20. The van der Waals surface area contributed by atoms with E-state index >= 15 is 0 Å². The van der Waals surface area contributed by atoms with Gasteiger partial charge < -0.3 is 14.0 Å². The monoisotopic (exact) mass is 532 g/mol. The molecule has 3 heterocycles. The molecule has 6 nitrogen and oxygen atoms in total. The van der Waals surface area contributed by atoms with Crippen LogP contribution in [0.25, 0.3) is 11.0 Å². The minimum atomic E-state index is 0.323. The molecule has 0 amide bonds. The number of halogens is 1. The average Bonchev–Trinajstić information content (AvgIpc) is 3.40. The van der Waals surface area contributed by atoms with E-state index in [4.69, 9.17) is 14.5 Å². The Morgan fingerprint density at radius 1 is 0.743 bits per heavy atom. The molecule has 2 aliphatic heterocycles. The molecule has 0 unspecified atom stereocenters. The highest BCUT2D eigenvalue weighted by Crippen LogP contribution is 2.33. The third-order valence-corrected chi connectivity index (χ3v) is 7.41. The second kappa shape index (κ2) is 10.0. The van der Waals surface area contributed by atoms with Crippen LogP contribution in [0, 0.1) is 0 Å². The van der Waals surface area contributed by atoms with Crippen molar-refractivity contribution in [3.05, 3.63) is 88.2 Å². The van der Waals surface area contributed by atoms with Crippen LogP contribution in [0.1, 0.15) is 23.4 Å². The summed E-state index contributed by atoms with van der Waals surface area (Å²) >= 11 is 3.55. The zero-order valence-electron chi connectivity index (χ0n) is 19.7. The Hall–Kier alpha value is -2.87. The van der Waals surface area contributed by atoms with Crippen LogP contribution in [0.3, 0.4) is 0 Å². The zero-order valence-corrected chi connectivity index (χ0v) is 21.3. The Bertz CT molecular complexity index is 1320. The van der Waals surface area contributed by atoms with E-state index in [0.717, 1.165) is 79.5 Å². The molecule has 3 aromatic carbocycles. The minimum absolute atomic E-state index is 0.323. The molecule has 6 rings (SSSR count). The Kier molecular flexibility index (Phi) is 6.46. The summed E-state index contributed by atoms with van der Waals surface area (Å²) in [6, 6.07) is 23.4. The van der Waals surface area contributed by atoms with Crippen LogP contribution in [0.5, 0.6) is 11.5 Å². The number of benzene rings is 3. The van der Waals surface area contributed by atoms with E-state index in [1.807, 2.05) is 6.07 Å². The van der Waals surface area contributed by atoms with E-state index in [1.165, 1.54) is 16.6 Å². The van der Waals surface area contributed by atoms with Crippen molar-refractivity contribution in [3.8, 4) is 11.5 Å². The van der Waals surface area contributed by atoms with E-state index in [9.17, 15) is 0 Å². The van der Waals surface area contributed by atoms with Gasteiger partial charge in [-0.1, -0.05) is 46.3 Å². The number of ether oxygens (including phenoxy) is 2. The molecule has 180 valence electrons. The Balaban J connectivity index is 1.15. The van der Waals surface area contributed by atoms with Gasteiger partial charge in [0.2, 0.25) is 6.79 Å². The van der Waals surface area contributed by atoms with E-state index in [-0.39, 0.29) is 0 Å². The lowest BCUT2D eigenvalue weighted by Crippen LogP contribution is -2.31. The summed E-state index contributed by atoms with van der Waals surface area (Å²) in [5.74, 6) is 2.85. The van der Waals surface area contributed by atoms with Gasteiger partial charge in [-0.05, 0) is 67.0 Å². The van der Waals surface area contributed by atoms with E-state index in [2.05, 4.69) is 91.0 Å². The lowest BCUT2D eigenvalue weighted by atomic mass is 10.2. The van der Waals surface area contributed by atoms with Gasteiger partial charge in [-0.3, -0.25) is 9.80 Å². The number of hydrogen-bond donors (Lipinski definition) is 0. The van der Waals surface area contributed by atoms with E-state index in [1.54, 1.807) is 0 Å². The van der Waals surface area contributed by atoms with Crippen molar-refractivity contribution in [1.29, 1.82) is 0 Å². The molecule has 4 aromatic rings. The standard InChI is InChI=1S/C28H29BrN4O2/c29-23-9-6-21(7-10-23)18-33-25-5-2-1-4-24(25)30-28(33)19-32-13-3-12-31(14-15-32)17-22-8-11-26-27(16-22)35-20-34-26/h1-2,4-11,16H,3,12-15,17-20H2. The van der Waals surface area contributed by atoms with Crippen LogP contribution in [-0.4, -0.2) is 52.3 Å². The second-order valence-corrected chi connectivity index (χ2v) is 10.2. The molecule has 1 fully saturated rings. The number of fused-ring (bicyclic) bond motifs is 2. The van der Waals surface area contributed by atoms with Gasteiger partial charge in [0.1, 0.15) is 5.82 Å². The van der Waals surface area contributed by atoms with Gasteiger partial charge in [0.25, 0.3) is 0 Å². The summed E-state index contributed by atoms with van der Waals surface area (Å²) in [6.45, 7) is 7.21. The molecule has 0 aliphatic carbocycles. The first-order valence-electron chi connectivity index (χ1n) is 12.2. The Morgan fingerprint density at radius 2 is 1.49 bits per heavy atom. The summed E-state index contributed by atoms with van der Waals surface area (Å²) in [5, 5.41) is 0. The Labute approximate surface area is 214 Å². The number of para-hydroxylation sites is 2. The SMILES string of the molecule is Brc1ccc(Cn2c(CN3CCCN(Cc4ccc5c(c4)OCO5)CC3)nc3ccccc32)cc1. The molecule has 0 saturated carbocycles. The summed E-state index contributed by atoms with van der Waals surface area (Å²) in [7, 11) is 0. The molecule has 0 radical (unpaired) electrons. The van der Waals surface area contributed by atoms with Crippen LogP contribution in [0.4, 0.5) is 0 Å². The molecule has 1 aromatic heterocycles. The summed E-state index contributed by atoms with van der Waals surface area (Å²) in [6.07, 6.45) is 1.15. The van der Waals surface area contributed by atoms with Crippen LogP contribution in [0.15, 0.2) is 71.2 Å². The zero-order chi connectivity index (χ0) is 23.6. The fourth-order valence-electron chi connectivity index (χ4n) is 5.03. The van der Waals surface area contributed by atoms with Crippen LogP contribution in [-0.2, 0) is 19.6 Å². The largest absolute Gasteiger partial charge is 0.454 e. The van der Waals surface area contributed by atoms with Crippen molar-refractivity contribution in [3.63, 3.8) is 0 Å². The molecule has 2 aliphatic rings. The van der Waals surface area contributed by atoms with Crippen molar-refractivity contribution in [2.24, 2.45) is 0 Å². The molecular weight excluding hydrogens is 504 g/mol. The predicted molar refractivity (Wildman–Crippen MR) is 141 cm³/mol. The molecule has 0 atom stereocenters. The van der Waals surface area contributed by atoms with Gasteiger partial charge in [0, 0.05) is 30.7 Å². The molecule has 0 N–H and O–H groups in total. The van der Waals surface area contributed by atoms with Crippen molar-refractivity contribution in [2.45, 2.75) is 26.1 Å². The highest BCUT2D eigenvalue weighted by molar-refractivity contribution is 9.10. The summed E-state index contributed by atoms with van der Waals surface area (Å²) in [5.41, 5.74) is 4.82. The number of imidazole rings is 1. The quantitative estimate of drug-likeness (QED) is 0.337. The first-order chi connectivity index (χ1) is 17.2. The maximum atomic E-state index is 5.56. The molecular formula is C28H29BrN4O2. The van der Waals surface area contributed by atoms with Gasteiger partial charge in [0.15, 0.2) is 11.5 Å². The topological polar surface area (TPSA) is 42.8 Å². The molecule has 7 heteroatoms. The smallest absolute Gasteiger partial charge is 0.231 e. The third kappa shape index (κ3) is 5.08.